The Morgan fingerprint density at radius 3 is 2.73 bits per heavy atom. The van der Waals surface area contributed by atoms with Gasteiger partial charge in [-0.05, 0) is 40.0 Å². The largest absolute Gasteiger partial charge is 0.354 e. The second-order valence-corrected chi connectivity index (χ2v) is 11.3. The smallest absolute Gasteiger partial charge is 0.194 e. The average molecular weight is 348 g/mol. The predicted molar refractivity (Wildman–Crippen MR) is 95.4 cm³/mol. The summed E-state index contributed by atoms with van der Waals surface area (Å²) in [4.78, 5) is 7.08. The van der Waals surface area contributed by atoms with E-state index in [1.54, 1.807) is 0 Å². The maximum atomic E-state index is 11.6. The van der Waals surface area contributed by atoms with E-state index in [1.807, 2.05) is 11.8 Å². The molecule has 2 rings (SSSR count). The van der Waals surface area contributed by atoms with Crippen LogP contribution in [0.25, 0.3) is 0 Å². The van der Waals surface area contributed by atoms with Crippen molar-refractivity contribution in [2.45, 2.75) is 44.9 Å². The van der Waals surface area contributed by atoms with Crippen LogP contribution in [0.2, 0.25) is 0 Å². The second kappa shape index (κ2) is 6.99. The normalized spacial score (nSPS) is 28.1. The highest BCUT2D eigenvalue weighted by atomic mass is 32.2. The van der Waals surface area contributed by atoms with E-state index < -0.39 is 9.84 Å². The van der Waals surface area contributed by atoms with Crippen LogP contribution in [0.4, 0.5) is 0 Å². The maximum absolute atomic E-state index is 11.6. The van der Waals surface area contributed by atoms with E-state index in [4.69, 9.17) is 4.99 Å². The van der Waals surface area contributed by atoms with Crippen LogP contribution in [0.15, 0.2) is 4.99 Å². The molecule has 2 aliphatic rings. The van der Waals surface area contributed by atoms with Gasteiger partial charge in [0.1, 0.15) is 0 Å². The Morgan fingerprint density at radius 1 is 1.45 bits per heavy atom. The topological polar surface area (TPSA) is 61.8 Å². The van der Waals surface area contributed by atoms with Crippen molar-refractivity contribution < 1.29 is 8.42 Å². The molecule has 0 bridgehead atoms. The Hall–Kier alpha value is -0.430. The number of aliphatic imine (C=N–C) groups is 1. The van der Waals surface area contributed by atoms with E-state index in [-0.39, 0.29) is 10.7 Å². The number of sulfone groups is 1. The van der Waals surface area contributed by atoms with E-state index >= 15 is 0 Å². The standard InChI is InChI=1S/C15H29N3O2S2/c1-12(2)17-14(18-6-7-21-15(3,4)11-18)16-9-13-5-8-22(19,20)10-13/h12-13H,5-11H2,1-4H3,(H,16,17). The summed E-state index contributed by atoms with van der Waals surface area (Å²) in [5.41, 5.74) is 0. The van der Waals surface area contributed by atoms with Crippen LogP contribution < -0.4 is 5.32 Å². The second-order valence-electron chi connectivity index (χ2n) is 7.26. The highest BCUT2D eigenvalue weighted by molar-refractivity contribution is 8.00. The number of hydrogen-bond donors (Lipinski definition) is 1. The Balaban J connectivity index is 2.03. The minimum atomic E-state index is -2.82. The van der Waals surface area contributed by atoms with Gasteiger partial charge in [0.25, 0.3) is 0 Å². The Morgan fingerprint density at radius 2 is 2.18 bits per heavy atom. The zero-order valence-corrected chi connectivity index (χ0v) is 15.8. The van der Waals surface area contributed by atoms with Gasteiger partial charge in [-0.25, -0.2) is 8.42 Å². The molecule has 1 N–H and O–H groups in total. The number of rotatable bonds is 3. The maximum Gasteiger partial charge on any atom is 0.194 e. The van der Waals surface area contributed by atoms with Crippen molar-refractivity contribution >= 4 is 27.6 Å². The van der Waals surface area contributed by atoms with Gasteiger partial charge < -0.3 is 10.2 Å². The fraction of sp³-hybridized carbons (Fsp3) is 0.933. The number of nitrogens with zero attached hydrogens (tertiary/aromatic N) is 2. The van der Waals surface area contributed by atoms with Gasteiger partial charge in [-0.2, -0.15) is 11.8 Å². The fourth-order valence-corrected chi connectivity index (χ4v) is 5.88. The van der Waals surface area contributed by atoms with Crippen LogP contribution in [0.3, 0.4) is 0 Å². The summed E-state index contributed by atoms with van der Waals surface area (Å²) in [6.45, 7) is 11.3. The molecule has 1 atom stereocenters. The quantitative estimate of drug-likeness (QED) is 0.621. The van der Waals surface area contributed by atoms with Gasteiger partial charge in [-0.3, -0.25) is 4.99 Å². The molecule has 0 radical (unpaired) electrons. The summed E-state index contributed by atoms with van der Waals surface area (Å²) in [5.74, 6) is 2.85. The highest BCUT2D eigenvalue weighted by Crippen LogP contribution is 2.29. The van der Waals surface area contributed by atoms with Gasteiger partial charge in [-0.1, -0.05) is 0 Å². The number of guanidine groups is 1. The average Bonchev–Trinajstić information content (AvgIpc) is 2.72. The molecule has 1 unspecified atom stereocenters. The lowest BCUT2D eigenvalue weighted by molar-refractivity contribution is 0.370. The molecule has 0 aromatic heterocycles. The molecule has 2 aliphatic heterocycles. The highest BCUT2D eigenvalue weighted by Gasteiger charge is 2.30. The van der Waals surface area contributed by atoms with E-state index in [2.05, 4.69) is 37.9 Å². The van der Waals surface area contributed by atoms with Gasteiger partial charge in [0.15, 0.2) is 15.8 Å². The summed E-state index contributed by atoms with van der Waals surface area (Å²) < 4.78 is 23.4. The Labute approximate surface area is 139 Å². The summed E-state index contributed by atoms with van der Waals surface area (Å²) in [7, 11) is -2.82. The lowest BCUT2D eigenvalue weighted by Gasteiger charge is -2.39. The van der Waals surface area contributed by atoms with Gasteiger partial charge in [0, 0.05) is 36.2 Å². The molecule has 5 nitrogen and oxygen atoms in total. The van der Waals surface area contributed by atoms with Crippen LogP contribution in [-0.2, 0) is 9.84 Å². The number of hydrogen-bond acceptors (Lipinski definition) is 4. The zero-order chi connectivity index (χ0) is 16.4. The SMILES string of the molecule is CC(C)NC(=NCC1CCS(=O)(=O)C1)N1CCSC(C)(C)C1. The molecule has 0 aromatic rings. The zero-order valence-electron chi connectivity index (χ0n) is 14.1. The summed E-state index contributed by atoms with van der Waals surface area (Å²) in [5, 5.41) is 3.45. The minimum absolute atomic E-state index is 0.182. The summed E-state index contributed by atoms with van der Waals surface area (Å²) in [6, 6.07) is 0.323. The van der Waals surface area contributed by atoms with E-state index in [9.17, 15) is 8.42 Å². The van der Waals surface area contributed by atoms with E-state index in [0.29, 0.717) is 24.1 Å². The van der Waals surface area contributed by atoms with Gasteiger partial charge >= 0.3 is 0 Å². The molecule has 0 amide bonds. The van der Waals surface area contributed by atoms with Gasteiger partial charge in [0.05, 0.1) is 11.5 Å². The molecule has 0 aromatic carbocycles. The monoisotopic (exact) mass is 347 g/mol. The first-order chi connectivity index (χ1) is 10.2. The van der Waals surface area contributed by atoms with Crippen molar-refractivity contribution in [3.05, 3.63) is 0 Å². The first-order valence-electron chi connectivity index (χ1n) is 8.07. The van der Waals surface area contributed by atoms with E-state index in [0.717, 1.165) is 31.2 Å². The molecule has 2 fully saturated rings. The van der Waals surface area contributed by atoms with Crippen molar-refractivity contribution in [1.82, 2.24) is 10.2 Å². The molecular weight excluding hydrogens is 318 g/mol. The molecule has 2 heterocycles. The summed E-state index contributed by atoms with van der Waals surface area (Å²) >= 11 is 2.00. The summed E-state index contributed by atoms with van der Waals surface area (Å²) in [6.07, 6.45) is 0.752. The van der Waals surface area contributed by atoms with Crippen LogP contribution >= 0.6 is 11.8 Å². The van der Waals surface area contributed by atoms with Crippen molar-refractivity contribution in [2.75, 3.05) is 36.9 Å². The van der Waals surface area contributed by atoms with Crippen LogP contribution in [0.5, 0.6) is 0 Å². The molecule has 2 saturated heterocycles. The fourth-order valence-electron chi connectivity index (χ4n) is 2.92. The number of thioether (sulfide) groups is 1. The third kappa shape index (κ3) is 5.33. The lowest BCUT2D eigenvalue weighted by Crippen LogP contribution is -2.52. The van der Waals surface area contributed by atoms with Gasteiger partial charge in [0.2, 0.25) is 0 Å². The first kappa shape index (κ1) is 17.9. The molecule has 0 saturated carbocycles. The molecule has 0 aliphatic carbocycles. The Kier molecular flexibility index (Phi) is 5.69. The van der Waals surface area contributed by atoms with Crippen molar-refractivity contribution in [1.29, 1.82) is 0 Å². The van der Waals surface area contributed by atoms with Crippen molar-refractivity contribution in [2.24, 2.45) is 10.9 Å². The Bertz CT molecular complexity index is 515. The van der Waals surface area contributed by atoms with Crippen molar-refractivity contribution in [3.8, 4) is 0 Å². The molecule has 22 heavy (non-hydrogen) atoms. The molecule has 7 heteroatoms. The third-order valence-corrected chi connectivity index (χ3v) is 7.10. The van der Waals surface area contributed by atoms with E-state index in [1.165, 1.54) is 0 Å². The molecular formula is C15H29N3O2S2. The molecule has 0 spiro atoms. The lowest BCUT2D eigenvalue weighted by atomic mass is 10.1. The third-order valence-electron chi connectivity index (χ3n) is 3.97. The van der Waals surface area contributed by atoms with Crippen LogP contribution in [0, 0.1) is 5.92 Å². The minimum Gasteiger partial charge on any atom is -0.354 e. The van der Waals surface area contributed by atoms with Crippen LogP contribution in [0.1, 0.15) is 34.1 Å². The molecule has 128 valence electrons. The predicted octanol–water partition coefficient (Wildman–Crippen LogP) is 1.60. The van der Waals surface area contributed by atoms with Gasteiger partial charge in [-0.15, -0.1) is 0 Å². The van der Waals surface area contributed by atoms with Crippen LogP contribution in [-0.4, -0.2) is 67.0 Å². The van der Waals surface area contributed by atoms with Crippen molar-refractivity contribution in [3.63, 3.8) is 0 Å². The first-order valence-corrected chi connectivity index (χ1v) is 10.9. The number of nitrogens with one attached hydrogen (secondary N) is 1.